The molecule has 0 aliphatic carbocycles. The average molecular weight is 286 g/mol. The highest BCUT2D eigenvalue weighted by molar-refractivity contribution is 5.78. The van der Waals surface area contributed by atoms with E-state index in [1.807, 2.05) is 25.1 Å². The number of hydrogen-bond acceptors (Lipinski definition) is 4. The van der Waals surface area contributed by atoms with Gasteiger partial charge in [-0.25, -0.2) is 0 Å². The molecule has 0 saturated heterocycles. The molecule has 1 atom stereocenters. The zero-order chi connectivity index (χ0) is 14.7. The number of para-hydroxylation sites is 1. The molecule has 0 bridgehead atoms. The van der Waals surface area contributed by atoms with Crippen LogP contribution < -0.4 is 10.1 Å². The van der Waals surface area contributed by atoms with Crippen molar-refractivity contribution in [3.8, 4) is 5.75 Å². The molecular weight excluding hydrogens is 268 g/mol. The molecule has 1 aromatic heterocycles. The molecule has 1 aliphatic rings. The normalized spacial score (nSPS) is 16.9. The van der Waals surface area contributed by atoms with E-state index in [2.05, 4.69) is 16.5 Å². The van der Waals surface area contributed by atoms with Gasteiger partial charge in [0.15, 0.2) is 0 Å². The summed E-state index contributed by atoms with van der Waals surface area (Å²) in [5.74, 6) is 1.91. The third-order valence-electron chi connectivity index (χ3n) is 3.65. The second kappa shape index (κ2) is 5.99. The van der Waals surface area contributed by atoms with Gasteiger partial charge in [0.25, 0.3) is 0 Å². The Labute approximate surface area is 123 Å². The highest BCUT2D eigenvalue weighted by Gasteiger charge is 2.21. The number of benzene rings is 1. The van der Waals surface area contributed by atoms with Crippen molar-refractivity contribution in [1.82, 2.24) is 10.5 Å². The maximum atomic E-state index is 12.0. The molecule has 110 valence electrons. The molecule has 1 aromatic carbocycles. The number of ether oxygens (including phenoxy) is 1. The summed E-state index contributed by atoms with van der Waals surface area (Å²) < 4.78 is 10.6. The number of hydrogen-bond donors (Lipinski definition) is 1. The fourth-order valence-corrected chi connectivity index (χ4v) is 2.59. The summed E-state index contributed by atoms with van der Waals surface area (Å²) in [5.41, 5.74) is 1.83. The van der Waals surface area contributed by atoms with Crippen LogP contribution in [0.2, 0.25) is 0 Å². The lowest BCUT2D eigenvalue weighted by Crippen LogP contribution is -2.31. The van der Waals surface area contributed by atoms with Crippen LogP contribution in [0.15, 0.2) is 34.9 Å². The van der Waals surface area contributed by atoms with Gasteiger partial charge in [0, 0.05) is 18.5 Å². The highest BCUT2D eigenvalue weighted by Crippen LogP contribution is 2.32. The third-order valence-corrected chi connectivity index (χ3v) is 3.65. The van der Waals surface area contributed by atoms with Crippen molar-refractivity contribution in [2.75, 3.05) is 13.2 Å². The molecule has 1 amide bonds. The van der Waals surface area contributed by atoms with Crippen LogP contribution in [0.5, 0.6) is 5.75 Å². The summed E-state index contributed by atoms with van der Waals surface area (Å²) in [5, 5.41) is 6.81. The molecule has 2 heterocycles. The van der Waals surface area contributed by atoms with E-state index in [9.17, 15) is 4.79 Å². The van der Waals surface area contributed by atoms with Crippen LogP contribution in [-0.4, -0.2) is 24.2 Å². The minimum absolute atomic E-state index is 0.0349. The number of amides is 1. The number of aryl methyl sites for hydroxylation is 1. The Kier molecular flexibility index (Phi) is 3.90. The van der Waals surface area contributed by atoms with E-state index in [1.54, 1.807) is 6.07 Å². The van der Waals surface area contributed by atoms with Gasteiger partial charge in [0.1, 0.15) is 11.5 Å². The fraction of sp³-hybridized carbons (Fsp3) is 0.375. The van der Waals surface area contributed by atoms with Gasteiger partial charge >= 0.3 is 0 Å². The number of nitrogens with one attached hydrogen (secondary N) is 1. The van der Waals surface area contributed by atoms with Crippen molar-refractivity contribution < 1.29 is 14.1 Å². The maximum absolute atomic E-state index is 12.0. The number of carbonyl (C=O) groups is 1. The third kappa shape index (κ3) is 3.24. The smallest absolute Gasteiger partial charge is 0.226 e. The van der Waals surface area contributed by atoms with E-state index in [0.29, 0.717) is 24.8 Å². The van der Waals surface area contributed by atoms with Crippen LogP contribution in [0.3, 0.4) is 0 Å². The zero-order valence-corrected chi connectivity index (χ0v) is 12.0. The highest BCUT2D eigenvalue weighted by atomic mass is 16.5. The van der Waals surface area contributed by atoms with Crippen LogP contribution >= 0.6 is 0 Å². The molecule has 21 heavy (non-hydrogen) atoms. The Morgan fingerprint density at radius 2 is 2.29 bits per heavy atom. The Hall–Kier alpha value is -2.30. The summed E-state index contributed by atoms with van der Waals surface area (Å²) in [6.45, 7) is 3.13. The van der Waals surface area contributed by atoms with E-state index >= 15 is 0 Å². The minimum Gasteiger partial charge on any atom is -0.493 e. The topological polar surface area (TPSA) is 64.4 Å². The molecule has 0 saturated carbocycles. The number of nitrogens with zero attached hydrogens (tertiary/aromatic N) is 1. The maximum Gasteiger partial charge on any atom is 0.226 e. The molecule has 1 N–H and O–H groups in total. The molecule has 0 radical (unpaired) electrons. The van der Waals surface area contributed by atoms with Crippen molar-refractivity contribution in [3.63, 3.8) is 0 Å². The lowest BCUT2D eigenvalue weighted by atomic mass is 9.93. The predicted octanol–water partition coefficient (Wildman–Crippen LogP) is 2.21. The van der Waals surface area contributed by atoms with Crippen molar-refractivity contribution in [3.05, 3.63) is 47.3 Å². The lowest BCUT2D eigenvalue weighted by molar-refractivity contribution is -0.120. The van der Waals surface area contributed by atoms with Gasteiger partial charge in [0.05, 0.1) is 18.7 Å². The molecule has 5 heteroatoms. The van der Waals surface area contributed by atoms with Crippen LogP contribution in [0.1, 0.15) is 29.4 Å². The van der Waals surface area contributed by atoms with Gasteiger partial charge in [-0.2, -0.15) is 0 Å². The first-order valence-electron chi connectivity index (χ1n) is 7.13. The van der Waals surface area contributed by atoms with Crippen LogP contribution in [0.4, 0.5) is 0 Å². The van der Waals surface area contributed by atoms with E-state index < -0.39 is 0 Å². The van der Waals surface area contributed by atoms with Crippen LogP contribution in [0, 0.1) is 6.92 Å². The Balaban J connectivity index is 1.57. The lowest BCUT2D eigenvalue weighted by Gasteiger charge is -2.25. The van der Waals surface area contributed by atoms with Gasteiger partial charge < -0.3 is 14.6 Å². The van der Waals surface area contributed by atoms with Gasteiger partial charge in [-0.3, -0.25) is 4.79 Å². The summed E-state index contributed by atoms with van der Waals surface area (Å²) in [7, 11) is 0. The molecule has 1 aliphatic heterocycles. The first kappa shape index (κ1) is 13.7. The first-order chi connectivity index (χ1) is 10.2. The summed E-state index contributed by atoms with van der Waals surface area (Å²) in [6.07, 6.45) is 1.17. The average Bonchev–Trinajstić information content (AvgIpc) is 2.90. The predicted molar refractivity (Wildman–Crippen MR) is 77.2 cm³/mol. The van der Waals surface area contributed by atoms with Crippen molar-refractivity contribution in [2.45, 2.75) is 25.7 Å². The molecule has 5 nitrogen and oxygen atoms in total. The molecule has 0 spiro atoms. The second-order valence-corrected chi connectivity index (χ2v) is 5.28. The molecule has 2 aromatic rings. The molecule has 1 unspecified atom stereocenters. The number of aromatic nitrogens is 1. The van der Waals surface area contributed by atoms with Gasteiger partial charge in [-0.05, 0) is 25.0 Å². The quantitative estimate of drug-likeness (QED) is 0.936. The SMILES string of the molecule is Cc1cc(CC(=O)NCC2CCOc3ccccc32)no1. The zero-order valence-electron chi connectivity index (χ0n) is 12.0. The molecule has 0 fully saturated rings. The van der Waals surface area contributed by atoms with Gasteiger partial charge in [-0.15, -0.1) is 0 Å². The number of rotatable bonds is 4. The van der Waals surface area contributed by atoms with E-state index in [-0.39, 0.29) is 12.3 Å². The first-order valence-corrected chi connectivity index (χ1v) is 7.13. The van der Waals surface area contributed by atoms with Crippen LogP contribution in [0.25, 0.3) is 0 Å². The number of fused-ring (bicyclic) bond motifs is 1. The Morgan fingerprint density at radius 1 is 1.43 bits per heavy atom. The van der Waals surface area contributed by atoms with Crippen LogP contribution in [-0.2, 0) is 11.2 Å². The van der Waals surface area contributed by atoms with E-state index in [4.69, 9.17) is 9.26 Å². The van der Waals surface area contributed by atoms with Crippen molar-refractivity contribution in [2.24, 2.45) is 0 Å². The Bertz CT molecular complexity index is 636. The van der Waals surface area contributed by atoms with E-state index in [0.717, 1.165) is 17.9 Å². The summed E-state index contributed by atoms with van der Waals surface area (Å²) in [4.78, 5) is 12.0. The van der Waals surface area contributed by atoms with Gasteiger partial charge in [-0.1, -0.05) is 23.4 Å². The fourth-order valence-electron chi connectivity index (χ4n) is 2.59. The summed E-state index contributed by atoms with van der Waals surface area (Å²) >= 11 is 0. The number of carbonyl (C=O) groups excluding carboxylic acids is 1. The minimum atomic E-state index is -0.0349. The summed E-state index contributed by atoms with van der Waals surface area (Å²) in [6, 6.07) is 9.78. The molecule has 3 rings (SSSR count). The largest absolute Gasteiger partial charge is 0.493 e. The van der Waals surface area contributed by atoms with Crippen molar-refractivity contribution in [1.29, 1.82) is 0 Å². The second-order valence-electron chi connectivity index (χ2n) is 5.28. The monoisotopic (exact) mass is 286 g/mol. The standard InChI is InChI=1S/C16H18N2O3/c1-11-8-13(18-21-11)9-16(19)17-10-12-6-7-20-15-5-3-2-4-14(12)15/h2-5,8,12H,6-7,9-10H2,1H3,(H,17,19). The van der Waals surface area contributed by atoms with Gasteiger partial charge in [0.2, 0.25) is 5.91 Å². The van der Waals surface area contributed by atoms with Crippen molar-refractivity contribution >= 4 is 5.91 Å². The van der Waals surface area contributed by atoms with E-state index in [1.165, 1.54) is 5.56 Å². The molecular formula is C16H18N2O3. The Morgan fingerprint density at radius 3 is 3.10 bits per heavy atom.